The lowest BCUT2D eigenvalue weighted by Gasteiger charge is -1.98. The average molecular weight is 163 g/mol. The highest BCUT2D eigenvalue weighted by Gasteiger charge is 1.88. The van der Waals surface area contributed by atoms with Crippen LogP contribution in [0.3, 0.4) is 0 Å². The Bertz CT molecular complexity index is 124. The van der Waals surface area contributed by atoms with E-state index in [1.165, 1.54) is 44.9 Å². The fraction of sp³-hybridized carbons (Fsp3) is 0.583. The van der Waals surface area contributed by atoms with E-state index in [1.54, 1.807) is 0 Å². The van der Waals surface area contributed by atoms with E-state index in [0.29, 0.717) is 0 Å². The summed E-state index contributed by atoms with van der Waals surface area (Å²) < 4.78 is 0. The van der Waals surface area contributed by atoms with Gasteiger partial charge in [0.1, 0.15) is 0 Å². The predicted octanol–water partition coefficient (Wildman–Crippen LogP) is 4.05. The molecule has 0 unspecified atom stereocenters. The lowest BCUT2D eigenvalue weighted by molar-refractivity contribution is 0.727. The summed E-state index contributed by atoms with van der Waals surface area (Å²) in [4.78, 5) is 0. The molecule has 0 aliphatic heterocycles. The molecule has 0 aromatic carbocycles. The van der Waals surface area contributed by atoms with Gasteiger partial charge in [-0.1, -0.05) is 30.7 Å². The van der Waals surface area contributed by atoms with Crippen LogP contribution in [0, 0.1) is 6.42 Å². The summed E-state index contributed by atoms with van der Waals surface area (Å²) in [6, 6.07) is 0. The first kappa shape index (κ1) is 9.57. The van der Waals surface area contributed by atoms with Gasteiger partial charge in [-0.2, -0.15) is 0 Å². The molecule has 1 aliphatic rings. The molecule has 0 saturated carbocycles. The maximum absolute atomic E-state index is 2.39. The molecule has 0 heteroatoms. The van der Waals surface area contributed by atoms with Crippen molar-refractivity contribution in [3.05, 3.63) is 30.7 Å². The van der Waals surface area contributed by atoms with Gasteiger partial charge in [0, 0.05) is 0 Å². The summed E-state index contributed by atoms with van der Waals surface area (Å²) in [5, 5.41) is 0. The Morgan fingerprint density at radius 2 is 1.25 bits per heavy atom. The molecule has 12 heavy (non-hydrogen) atoms. The Morgan fingerprint density at radius 3 is 2.17 bits per heavy atom. The second-order valence-electron chi connectivity index (χ2n) is 3.33. The standard InChI is InChI=1S/C12H19/c1-2-4-6-8-10-12-11-9-7-5-3-1/h1-2,5,8,10H,3-4,6-7,9,11-12H2/b2-1-,10-8-. The van der Waals surface area contributed by atoms with Gasteiger partial charge in [0.05, 0.1) is 0 Å². The van der Waals surface area contributed by atoms with E-state index < -0.39 is 0 Å². The van der Waals surface area contributed by atoms with Gasteiger partial charge in [0.15, 0.2) is 0 Å². The van der Waals surface area contributed by atoms with Gasteiger partial charge in [-0.3, -0.25) is 0 Å². The fourth-order valence-corrected chi connectivity index (χ4v) is 1.41. The van der Waals surface area contributed by atoms with E-state index in [0.717, 1.165) is 0 Å². The largest absolute Gasteiger partial charge is 0.0885 e. The summed E-state index contributed by atoms with van der Waals surface area (Å²) >= 11 is 0. The van der Waals surface area contributed by atoms with E-state index in [9.17, 15) is 0 Å². The van der Waals surface area contributed by atoms with E-state index in [2.05, 4.69) is 30.7 Å². The Labute approximate surface area is 76.4 Å². The van der Waals surface area contributed by atoms with Crippen molar-refractivity contribution >= 4 is 0 Å². The van der Waals surface area contributed by atoms with Crippen LogP contribution in [-0.2, 0) is 0 Å². The number of allylic oxidation sites excluding steroid dienone is 4. The van der Waals surface area contributed by atoms with Gasteiger partial charge in [-0.25, -0.2) is 0 Å². The quantitative estimate of drug-likeness (QED) is 0.473. The van der Waals surface area contributed by atoms with Crippen molar-refractivity contribution < 1.29 is 0 Å². The molecule has 0 fully saturated rings. The highest BCUT2D eigenvalue weighted by Crippen LogP contribution is 2.07. The van der Waals surface area contributed by atoms with Crippen molar-refractivity contribution in [2.75, 3.05) is 0 Å². The van der Waals surface area contributed by atoms with Gasteiger partial charge in [-0.05, 0) is 44.9 Å². The molecule has 0 saturated heterocycles. The van der Waals surface area contributed by atoms with Crippen molar-refractivity contribution in [3.8, 4) is 0 Å². The minimum absolute atomic E-state index is 1.17. The van der Waals surface area contributed by atoms with E-state index >= 15 is 0 Å². The van der Waals surface area contributed by atoms with Crippen LogP contribution in [0.2, 0.25) is 0 Å². The molecule has 67 valence electrons. The summed E-state index contributed by atoms with van der Waals surface area (Å²) in [6.45, 7) is 0. The van der Waals surface area contributed by atoms with Crippen LogP contribution in [-0.4, -0.2) is 0 Å². The van der Waals surface area contributed by atoms with Crippen LogP contribution in [0.4, 0.5) is 0 Å². The minimum atomic E-state index is 1.17. The molecule has 1 aliphatic carbocycles. The Hall–Kier alpha value is -0.520. The highest BCUT2D eigenvalue weighted by atomic mass is 13.9. The van der Waals surface area contributed by atoms with Crippen LogP contribution >= 0.6 is 0 Å². The van der Waals surface area contributed by atoms with Crippen molar-refractivity contribution in [1.29, 1.82) is 0 Å². The lowest BCUT2D eigenvalue weighted by Crippen LogP contribution is -1.79. The summed E-state index contributed by atoms with van der Waals surface area (Å²) in [5.41, 5.74) is 0. The van der Waals surface area contributed by atoms with Crippen molar-refractivity contribution in [2.45, 2.75) is 44.9 Å². The molecule has 0 aromatic rings. The van der Waals surface area contributed by atoms with Crippen LogP contribution < -0.4 is 0 Å². The number of rotatable bonds is 0. The molecule has 0 nitrogen and oxygen atoms in total. The third kappa shape index (κ3) is 5.17. The summed E-state index contributed by atoms with van der Waals surface area (Å²) in [5.74, 6) is 0. The molecule has 0 atom stereocenters. The van der Waals surface area contributed by atoms with Crippen LogP contribution in [0.1, 0.15) is 44.9 Å². The van der Waals surface area contributed by atoms with E-state index in [4.69, 9.17) is 0 Å². The fourth-order valence-electron chi connectivity index (χ4n) is 1.41. The first-order chi connectivity index (χ1) is 6.00. The van der Waals surface area contributed by atoms with Crippen molar-refractivity contribution in [2.24, 2.45) is 0 Å². The van der Waals surface area contributed by atoms with E-state index in [-0.39, 0.29) is 0 Å². The maximum Gasteiger partial charge on any atom is -0.0316 e. The Morgan fingerprint density at radius 1 is 0.583 bits per heavy atom. The minimum Gasteiger partial charge on any atom is -0.0885 e. The van der Waals surface area contributed by atoms with Crippen LogP contribution in [0.25, 0.3) is 0 Å². The molecule has 1 rings (SSSR count). The van der Waals surface area contributed by atoms with Gasteiger partial charge in [0.2, 0.25) is 0 Å². The zero-order valence-electron chi connectivity index (χ0n) is 7.84. The van der Waals surface area contributed by atoms with Crippen LogP contribution in [0.5, 0.6) is 0 Å². The smallest absolute Gasteiger partial charge is 0.0316 e. The van der Waals surface area contributed by atoms with Crippen LogP contribution in [0.15, 0.2) is 24.3 Å². The molecule has 0 bridgehead atoms. The molecule has 0 heterocycles. The van der Waals surface area contributed by atoms with Gasteiger partial charge < -0.3 is 0 Å². The van der Waals surface area contributed by atoms with Gasteiger partial charge in [0.25, 0.3) is 0 Å². The first-order valence-electron chi connectivity index (χ1n) is 5.12. The van der Waals surface area contributed by atoms with Crippen molar-refractivity contribution in [3.63, 3.8) is 0 Å². The first-order valence-corrected chi connectivity index (χ1v) is 5.12. The third-order valence-electron chi connectivity index (χ3n) is 2.17. The third-order valence-corrected chi connectivity index (χ3v) is 2.17. The zero-order valence-corrected chi connectivity index (χ0v) is 7.84. The second-order valence-corrected chi connectivity index (χ2v) is 3.33. The maximum atomic E-state index is 2.39. The second kappa shape index (κ2) is 7.15. The molecule has 0 N–H and O–H groups in total. The lowest BCUT2D eigenvalue weighted by atomic mass is 10.1. The average Bonchev–Trinajstić information content (AvgIpc) is 2.05. The Balaban J connectivity index is 2.19. The van der Waals surface area contributed by atoms with Gasteiger partial charge in [-0.15, -0.1) is 0 Å². The topological polar surface area (TPSA) is 0 Å². The number of hydrogen-bond acceptors (Lipinski definition) is 0. The normalized spacial score (nSPS) is 26.7. The summed E-state index contributed by atoms with van der Waals surface area (Å²) in [6.07, 6.45) is 20.5. The SMILES string of the molecule is [CH]1C/C=C\CC/C=C\CCCC1. The van der Waals surface area contributed by atoms with Crippen molar-refractivity contribution in [1.82, 2.24) is 0 Å². The molecule has 0 amide bonds. The molecule has 0 spiro atoms. The molecular formula is C12H19. The van der Waals surface area contributed by atoms with Gasteiger partial charge >= 0.3 is 0 Å². The Kier molecular flexibility index (Phi) is 5.70. The molecular weight excluding hydrogens is 144 g/mol. The zero-order chi connectivity index (χ0) is 8.49. The summed E-state index contributed by atoms with van der Waals surface area (Å²) in [7, 11) is 0. The highest BCUT2D eigenvalue weighted by molar-refractivity contribution is 4.91. The predicted molar refractivity (Wildman–Crippen MR) is 54.9 cm³/mol. The molecule has 1 radical (unpaired) electrons. The molecule has 0 aromatic heterocycles. The number of hydrogen-bond donors (Lipinski definition) is 0. The monoisotopic (exact) mass is 163 g/mol. The van der Waals surface area contributed by atoms with E-state index in [1.807, 2.05) is 0 Å².